The molecule has 174 valence electrons. The Morgan fingerprint density at radius 1 is 1.00 bits per heavy atom. The van der Waals surface area contributed by atoms with Crippen LogP contribution in [-0.2, 0) is 6.54 Å². The summed E-state index contributed by atoms with van der Waals surface area (Å²) < 4.78 is 1.57. The van der Waals surface area contributed by atoms with Crippen LogP contribution in [0.15, 0.2) is 71.7 Å². The zero-order valence-corrected chi connectivity index (χ0v) is 20.1. The highest BCUT2D eigenvalue weighted by Crippen LogP contribution is 2.23. The Bertz CT molecular complexity index is 1390. The maximum Gasteiger partial charge on any atom is 0.265 e. The Hall–Kier alpha value is -3.93. The first-order valence-electron chi connectivity index (χ1n) is 11.6. The van der Waals surface area contributed by atoms with Crippen LogP contribution in [0.1, 0.15) is 40.9 Å². The minimum absolute atomic E-state index is 0.0971. The van der Waals surface area contributed by atoms with Gasteiger partial charge in [-0.1, -0.05) is 29.8 Å². The molecule has 0 radical (unpaired) electrons. The predicted molar refractivity (Wildman–Crippen MR) is 139 cm³/mol. The summed E-state index contributed by atoms with van der Waals surface area (Å²) in [5.41, 5.74) is 5.16. The number of rotatable bonds is 7. The summed E-state index contributed by atoms with van der Waals surface area (Å²) in [6, 6.07) is 19.3. The van der Waals surface area contributed by atoms with Gasteiger partial charge in [0.15, 0.2) is 0 Å². The molecule has 0 saturated heterocycles. The van der Waals surface area contributed by atoms with E-state index in [4.69, 9.17) is 0 Å². The third-order valence-corrected chi connectivity index (χ3v) is 6.14. The molecular formula is C28H30N4O2. The van der Waals surface area contributed by atoms with Crippen LogP contribution >= 0.6 is 0 Å². The van der Waals surface area contributed by atoms with Crippen LogP contribution in [0.5, 0.6) is 0 Å². The van der Waals surface area contributed by atoms with Crippen LogP contribution in [0.2, 0.25) is 0 Å². The molecule has 0 spiro atoms. The monoisotopic (exact) mass is 454 g/mol. The normalized spacial score (nSPS) is 10.9. The van der Waals surface area contributed by atoms with Crippen molar-refractivity contribution in [2.75, 3.05) is 23.3 Å². The zero-order chi connectivity index (χ0) is 24.2. The minimum Gasteiger partial charge on any atom is -0.372 e. The summed E-state index contributed by atoms with van der Waals surface area (Å²) in [5.74, 6) is -0.424. The summed E-state index contributed by atoms with van der Waals surface area (Å²) >= 11 is 0. The maximum absolute atomic E-state index is 13.4. The van der Waals surface area contributed by atoms with E-state index in [-0.39, 0.29) is 11.1 Å². The van der Waals surface area contributed by atoms with Gasteiger partial charge in [-0.25, -0.2) is 4.98 Å². The summed E-state index contributed by atoms with van der Waals surface area (Å²) in [6.45, 7) is 10.4. The largest absolute Gasteiger partial charge is 0.372 e. The number of nitrogens with one attached hydrogen (secondary N) is 1. The van der Waals surface area contributed by atoms with Gasteiger partial charge in [0.05, 0.1) is 6.54 Å². The number of pyridine rings is 2. The Balaban J connectivity index is 1.70. The third kappa shape index (κ3) is 4.71. The van der Waals surface area contributed by atoms with E-state index in [0.717, 1.165) is 40.9 Å². The molecule has 34 heavy (non-hydrogen) atoms. The van der Waals surface area contributed by atoms with Gasteiger partial charge in [-0.3, -0.25) is 14.2 Å². The molecule has 0 aliphatic rings. The lowest BCUT2D eigenvalue weighted by molar-refractivity contribution is 0.102. The average molecular weight is 455 g/mol. The third-order valence-electron chi connectivity index (χ3n) is 6.14. The molecule has 4 aromatic rings. The number of hydrogen-bond donors (Lipinski definition) is 1. The molecule has 2 heterocycles. The number of aromatic nitrogens is 2. The number of carbonyl (C=O) groups is 1. The van der Waals surface area contributed by atoms with Gasteiger partial charge in [-0.05, 0) is 75.2 Å². The molecule has 4 rings (SSSR count). The summed E-state index contributed by atoms with van der Waals surface area (Å²) in [4.78, 5) is 33.4. The van der Waals surface area contributed by atoms with Gasteiger partial charge in [0.1, 0.15) is 11.2 Å². The Labute approximate surface area is 199 Å². The van der Waals surface area contributed by atoms with E-state index in [1.54, 1.807) is 22.9 Å². The van der Waals surface area contributed by atoms with E-state index < -0.39 is 5.91 Å². The van der Waals surface area contributed by atoms with Gasteiger partial charge < -0.3 is 10.2 Å². The molecule has 1 N–H and O–H groups in total. The molecule has 2 aromatic heterocycles. The molecule has 6 heteroatoms. The lowest BCUT2D eigenvalue weighted by atomic mass is 10.1. The fourth-order valence-electron chi connectivity index (χ4n) is 4.16. The molecule has 6 nitrogen and oxygen atoms in total. The van der Waals surface area contributed by atoms with Gasteiger partial charge in [-0.15, -0.1) is 0 Å². The highest BCUT2D eigenvalue weighted by Gasteiger charge is 2.18. The molecule has 2 aromatic carbocycles. The second-order valence-corrected chi connectivity index (χ2v) is 8.48. The Morgan fingerprint density at radius 3 is 2.41 bits per heavy atom. The van der Waals surface area contributed by atoms with Crippen molar-refractivity contribution in [3.05, 3.63) is 99.5 Å². The van der Waals surface area contributed by atoms with Gasteiger partial charge in [-0.2, -0.15) is 0 Å². The second kappa shape index (κ2) is 9.91. The summed E-state index contributed by atoms with van der Waals surface area (Å²) in [6.07, 6.45) is 1.66. The lowest BCUT2D eigenvalue weighted by Crippen LogP contribution is -2.30. The minimum atomic E-state index is -0.424. The molecular weight excluding hydrogens is 424 g/mol. The number of carbonyl (C=O) groups excluding carboxylic acids is 1. The number of benzene rings is 2. The van der Waals surface area contributed by atoms with Gasteiger partial charge in [0.2, 0.25) is 0 Å². The fraction of sp³-hybridized carbons (Fsp3) is 0.250. The van der Waals surface area contributed by atoms with E-state index in [9.17, 15) is 9.59 Å². The topological polar surface area (TPSA) is 67.2 Å². The Morgan fingerprint density at radius 2 is 1.74 bits per heavy atom. The molecule has 0 fully saturated rings. The van der Waals surface area contributed by atoms with Crippen molar-refractivity contribution in [2.45, 2.75) is 34.2 Å². The van der Waals surface area contributed by atoms with Crippen molar-refractivity contribution in [3.63, 3.8) is 0 Å². The van der Waals surface area contributed by atoms with E-state index in [1.807, 2.05) is 56.3 Å². The number of anilines is 2. The van der Waals surface area contributed by atoms with Crippen molar-refractivity contribution in [1.82, 2.24) is 9.55 Å². The zero-order valence-electron chi connectivity index (χ0n) is 20.1. The van der Waals surface area contributed by atoms with Crippen LogP contribution in [0.4, 0.5) is 11.4 Å². The van der Waals surface area contributed by atoms with Crippen molar-refractivity contribution in [1.29, 1.82) is 0 Å². The van der Waals surface area contributed by atoms with Crippen LogP contribution in [0, 0.1) is 13.8 Å². The molecule has 0 atom stereocenters. The first-order chi connectivity index (χ1) is 16.4. The standard InChI is InChI=1S/C28H30N4O2/c1-5-31(6-2)23-13-14-25(20(4)16-23)30-27(33)24-17-22-8-7-15-29-26(22)32(28(24)34)18-21-11-9-19(3)10-12-21/h7-17H,5-6,18H2,1-4H3,(H,30,33). The molecule has 0 unspecified atom stereocenters. The van der Waals surface area contributed by atoms with E-state index in [2.05, 4.69) is 35.1 Å². The quantitative estimate of drug-likeness (QED) is 0.419. The lowest BCUT2D eigenvalue weighted by Gasteiger charge is -2.22. The number of nitrogens with zero attached hydrogens (tertiary/aromatic N) is 3. The van der Waals surface area contributed by atoms with Gasteiger partial charge in [0, 0.05) is 36.0 Å². The van der Waals surface area contributed by atoms with E-state index in [1.165, 1.54) is 0 Å². The molecule has 0 saturated carbocycles. The van der Waals surface area contributed by atoms with Gasteiger partial charge >= 0.3 is 0 Å². The summed E-state index contributed by atoms with van der Waals surface area (Å²) in [5, 5.41) is 3.69. The molecule has 0 aliphatic heterocycles. The Kier molecular flexibility index (Phi) is 6.77. The highest BCUT2D eigenvalue weighted by atomic mass is 16.2. The average Bonchev–Trinajstić information content (AvgIpc) is 2.84. The van der Waals surface area contributed by atoms with Crippen LogP contribution < -0.4 is 15.8 Å². The number of amides is 1. The van der Waals surface area contributed by atoms with E-state index >= 15 is 0 Å². The predicted octanol–water partition coefficient (Wildman–Crippen LogP) is 5.16. The summed E-state index contributed by atoms with van der Waals surface area (Å²) in [7, 11) is 0. The van der Waals surface area contributed by atoms with Crippen molar-refractivity contribution >= 4 is 28.3 Å². The highest BCUT2D eigenvalue weighted by molar-refractivity contribution is 6.06. The van der Waals surface area contributed by atoms with Crippen LogP contribution in [0.25, 0.3) is 11.0 Å². The van der Waals surface area contributed by atoms with Crippen LogP contribution in [0.3, 0.4) is 0 Å². The number of hydrogen-bond acceptors (Lipinski definition) is 4. The first-order valence-corrected chi connectivity index (χ1v) is 11.6. The maximum atomic E-state index is 13.4. The van der Waals surface area contributed by atoms with Crippen molar-refractivity contribution in [2.24, 2.45) is 0 Å². The van der Waals surface area contributed by atoms with Crippen LogP contribution in [-0.4, -0.2) is 28.5 Å². The van der Waals surface area contributed by atoms with Gasteiger partial charge in [0.25, 0.3) is 11.5 Å². The smallest absolute Gasteiger partial charge is 0.265 e. The van der Waals surface area contributed by atoms with Crippen molar-refractivity contribution < 1.29 is 4.79 Å². The molecule has 1 amide bonds. The second-order valence-electron chi connectivity index (χ2n) is 8.48. The van der Waals surface area contributed by atoms with Crippen molar-refractivity contribution in [3.8, 4) is 0 Å². The SMILES string of the molecule is CCN(CC)c1ccc(NC(=O)c2cc3cccnc3n(Cc3ccc(C)cc3)c2=O)c(C)c1. The van der Waals surface area contributed by atoms with E-state index in [0.29, 0.717) is 17.9 Å². The first kappa shape index (κ1) is 23.2. The fourth-order valence-corrected chi connectivity index (χ4v) is 4.16. The number of aryl methyl sites for hydroxylation is 2. The molecule has 0 bridgehead atoms. The molecule has 0 aliphatic carbocycles. The number of fused-ring (bicyclic) bond motifs is 1.